The van der Waals surface area contributed by atoms with Crippen LogP contribution in [-0.4, -0.2) is 18.8 Å². The third-order valence-corrected chi connectivity index (χ3v) is 3.60. The number of ether oxygens (including phenoxy) is 1. The molecule has 0 fully saturated rings. The molecule has 0 atom stereocenters. The average Bonchev–Trinajstić information content (AvgIpc) is 2.65. The van der Waals surface area contributed by atoms with E-state index in [4.69, 9.17) is 4.74 Å². The Morgan fingerprint density at radius 2 is 1.92 bits per heavy atom. The molecule has 2 N–H and O–H groups in total. The molecule has 0 aromatic heterocycles. The molecule has 0 bridgehead atoms. The minimum absolute atomic E-state index is 0.0632. The number of carbonyl (C=O) groups excluding carboxylic acids is 2. The highest BCUT2D eigenvalue weighted by Gasteiger charge is 2.10. The van der Waals surface area contributed by atoms with E-state index in [1.165, 1.54) is 13.1 Å². The Kier molecular flexibility index (Phi) is 6.52. The molecule has 0 aliphatic carbocycles. The van der Waals surface area contributed by atoms with Gasteiger partial charge in [-0.05, 0) is 36.8 Å². The molecule has 0 radical (unpaired) electrons. The number of hydrogen-bond donors (Lipinski definition) is 2. The molecule has 1 amide bonds. The molecule has 6 heteroatoms. The van der Waals surface area contributed by atoms with Crippen molar-refractivity contribution in [2.45, 2.75) is 13.5 Å². The molecule has 0 saturated heterocycles. The normalized spacial score (nSPS) is 10.6. The molecular weight excluding hydrogens is 330 g/mol. The standard InChI is InChI=1S/C20H19N3O3/c1-14(24)16-4-3-5-18(10-16)23-20(25)17(11-21)13-22-12-15-6-8-19(26-2)9-7-15/h3-10,13,22H,12H2,1-2H3,(H,23,25)/b17-13-. The highest BCUT2D eigenvalue weighted by atomic mass is 16.5. The molecule has 0 unspecified atom stereocenters. The number of rotatable bonds is 7. The first-order valence-corrected chi connectivity index (χ1v) is 7.92. The first-order chi connectivity index (χ1) is 12.5. The number of ketones is 1. The molecule has 0 aliphatic heterocycles. The molecule has 2 aromatic rings. The van der Waals surface area contributed by atoms with Crippen molar-refractivity contribution in [2.24, 2.45) is 0 Å². The van der Waals surface area contributed by atoms with Crippen LogP contribution in [0.25, 0.3) is 0 Å². The summed E-state index contributed by atoms with van der Waals surface area (Å²) in [4.78, 5) is 23.6. The molecule has 2 aromatic carbocycles. The fraction of sp³-hybridized carbons (Fsp3) is 0.150. The predicted octanol–water partition coefficient (Wildman–Crippen LogP) is 3.03. The Bertz CT molecular complexity index is 865. The van der Waals surface area contributed by atoms with Crippen molar-refractivity contribution in [2.75, 3.05) is 12.4 Å². The monoisotopic (exact) mass is 349 g/mol. The number of nitrogens with zero attached hydrogens (tertiary/aromatic N) is 1. The predicted molar refractivity (Wildman–Crippen MR) is 98.6 cm³/mol. The summed E-state index contributed by atoms with van der Waals surface area (Å²) in [6, 6.07) is 15.9. The van der Waals surface area contributed by atoms with Gasteiger partial charge in [-0.2, -0.15) is 5.26 Å². The van der Waals surface area contributed by atoms with E-state index in [2.05, 4.69) is 10.6 Å². The summed E-state index contributed by atoms with van der Waals surface area (Å²) in [7, 11) is 1.60. The van der Waals surface area contributed by atoms with Crippen LogP contribution in [0.15, 0.2) is 60.3 Å². The van der Waals surface area contributed by atoms with Crippen molar-refractivity contribution in [3.63, 3.8) is 0 Å². The third kappa shape index (κ3) is 5.21. The van der Waals surface area contributed by atoms with E-state index >= 15 is 0 Å². The second kappa shape index (κ2) is 9.04. The molecule has 0 aliphatic rings. The summed E-state index contributed by atoms with van der Waals surface area (Å²) in [6.45, 7) is 1.91. The second-order valence-electron chi connectivity index (χ2n) is 5.49. The van der Waals surface area contributed by atoms with Crippen LogP contribution in [-0.2, 0) is 11.3 Å². The summed E-state index contributed by atoms with van der Waals surface area (Å²) in [5.74, 6) is 0.114. The summed E-state index contributed by atoms with van der Waals surface area (Å²) in [5, 5.41) is 14.8. The number of amides is 1. The molecule has 2 rings (SSSR count). The van der Waals surface area contributed by atoms with Gasteiger partial charge in [0.05, 0.1) is 7.11 Å². The van der Waals surface area contributed by atoms with Gasteiger partial charge in [-0.25, -0.2) is 0 Å². The summed E-state index contributed by atoms with van der Waals surface area (Å²) in [5.41, 5.74) is 1.86. The van der Waals surface area contributed by atoms with E-state index in [0.29, 0.717) is 17.8 Å². The third-order valence-electron chi connectivity index (χ3n) is 3.60. The molecule has 0 heterocycles. The van der Waals surface area contributed by atoms with E-state index in [-0.39, 0.29) is 11.4 Å². The molecule has 0 spiro atoms. The van der Waals surface area contributed by atoms with Gasteiger partial charge in [-0.1, -0.05) is 24.3 Å². The van der Waals surface area contributed by atoms with Crippen LogP contribution >= 0.6 is 0 Å². The lowest BCUT2D eigenvalue weighted by Crippen LogP contribution is -2.16. The average molecular weight is 349 g/mol. The Morgan fingerprint density at radius 1 is 1.19 bits per heavy atom. The topological polar surface area (TPSA) is 91.2 Å². The van der Waals surface area contributed by atoms with Crippen LogP contribution in [0.3, 0.4) is 0 Å². The Hall–Kier alpha value is -3.59. The van der Waals surface area contributed by atoms with Crippen molar-refractivity contribution in [1.29, 1.82) is 5.26 Å². The zero-order valence-electron chi connectivity index (χ0n) is 14.6. The maximum atomic E-state index is 12.2. The van der Waals surface area contributed by atoms with Crippen LogP contribution < -0.4 is 15.4 Å². The van der Waals surface area contributed by atoms with E-state index < -0.39 is 5.91 Å². The SMILES string of the molecule is COc1ccc(CN/C=C(/C#N)C(=O)Nc2cccc(C(C)=O)c2)cc1. The summed E-state index contributed by atoms with van der Waals surface area (Å²) < 4.78 is 5.09. The Morgan fingerprint density at radius 3 is 2.54 bits per heavy atom. The van der Waals surface area contributed by atoms with E-state index in [0.717, 1.165) is 11.3 Å². The molecule has 0 saturated carbocycles. The van der Waals surface area contributed by atoms with Gasteiger partial charge in [0, 0.05) is 24.0 Å². The number of hydrogen-bond acceptors (Lipinski definition) is 5. The fourth-order valence-corrected chi connectivity index (χ4v) is 2.18. The maximum absolute atomic E-state index is 12.2. The number of nitrogens with one attached hydrogen (secondary N) is 2. The maximum Gasteiger partial charge on any atom is 0.267 e. The minimum Gasteiger partial charge on any atom is -0.497 e. The summed E-state index contributed by atoms with van der Waals surface area (Å²) >= 11 is 0. The summed E-state index contributed by atoms with van der Waals surface area (Å²) in [6.07, 6.45) is 1.37. The smallest absolute Gasteiger partial charge is 0.267 e. The fourth-order valence-electron chi connectivity index (χ4n) is 2.18. The molecular formula is C20H19N3O3. The van der Waals surface area contributed by atoms with E-state index in [9.17, 15) is 14.9 Å². The van der Waals surface area contributed by atoms with Crippen LogP contribution in [0.1, 0.15) is 22.8 Å². The van der Waals surface area contributed by atoms with Crippen molar-refractivity contribution in [3.8, 4) is 11.8 Å². The largest absolute Gasteiger partial charge is 0.497 e. The molecule has 26 heavy (non-hydrogen) atoms. The number of anilines is 1. The zero-order chi connectivity index (χ0) is 18.9. The van der Waals surface area contributed by atoms with Gasteiger partial charge in [0.25, 0.3) is 5.91 Å². The van der Waals surface area contributed by atoms with E-state index in [1.807, 2.05) is 30.3 Å². The van der Waals surface area contributed by atoms with E-state index in [1.54, 1.807) is 31.4 Å². The number of nitriles is 1. The van der Waals surface area contributed by atoms with Gasteiger partial charge < -0.3 is 15.4 Å². The van der Waals surface area contributed by atoms with Crippen LogP contribution in [0.5, 0.6) is 5.75 Å². The highest BCUT2D eigenvalue weighted by Crippen LogP contribution is 2.13. The lowest BCUT2D eigenvalue weighted by molar-refractivity contribution is -0.112. The first kappa shape index (κ1) is 18.7. The van der Waals surface area contributed by atoms with Crippen molar-refractivity contribution >= 4 is 17.4 Å². The van der Waals surface area contributed by atoms with Gasteiger partial charge >= 0.3 is 0 Å². The minimum atomic E-state index is -0.546. The van der Waals surface area contributed by atoms with Crippen molar-refractivity contribution < 1.29 is 14.3 Å². The van der Waals surface area contributed by atoms with Gasteiger partial charge in [0.15, 0.2) is 5.78 Å². The number of Topliss-reactive ketones (excluding diaryl/α,β-unsaturated/α-hetero) is 1. The lowest BCUT2D eigenvalue weighted by Gasteiger charge is -2.07. The number of methoxy groups -OCH3 is 1. The zero-order valence-corrected chi connectivity index (χ0v) is 14.6. The quantitative estimate of drug-likeness (QED) is 0.455. The highest BCUT2D eigenvalue weighted by molar-refractivity contribution is 6.07. The van der Waals surface area contributed by atoms with Crippen LogP contribution in [0, 0.1) is 11.3 Å². The molecule has 6 nitrogen and oxygen atoms in total. The van der Waals surface area contributed by atoms with Gasteiger partial charge in [-0.15, -0.1) is 0 Å². The Balaban J connectivity index is 1.99. The van der Waals surface area contributed by atoms with Crippen LogP contribution in [0.4, 0.5) is 5.69 Å². The van der Waals surface area contributed by atoms with Gasteiger partial charge in [-0.3, -0.25) is 9.59 Å². The number of benzene rings is 2. The van der Waals surface area contributed by atoms with Crippen molar-refractivity contribution in [3.05, 3.63) is 71.4 Å². The van der Waals surface area contributed by atoms with Crippen LogP contribution in [0.2, 0.25) is 0 Å². The van der Waals surface area contributed by atoms with Gasteiger partial charge in [0.2, 0.25) is 0 Å². The van der Waals surface area contributed by atoms with Gasteiger partial charge in [0.1, 0.15) is 17.4 Å². The number of carbonyl (C=O) groups is 2. The lowest BCUT2D eigenvalue weighted by atomic mass is 10.1. The van der Waals surface area contributed by atoms with Crippen molar-refractivity contribution in [1.82, 2.24) is 5.32 Å². The second-order valence-corrected chi connectivity index (χ2v) is 5.49. The Labute approximate surface area is 152 Å². The molecule has 132 valence electrons. The first-order valence-electron chi connectivity index (χ1n) is 7.92.